The summed E-state index contributed by atoms with van der Waals surface area (Å²) < 4.78 is 43.0. The van der Waals surface area contributed by atoms with Crippen molar-refractivity contribution in [2.24, 2.45) is 5.41 Å². The molecule has 1 aromatic heterocycles. The first-order valence-electron chi connectivity index (χ1n) is 9.03. The van der Waals surface area contributed by atoms with Crippen LogP contribution in [0.1, 0.15) is 57.8 Å². The van der Waals surface area contributed by atoms with E-state index in [1.807, 2.05) is 26.8 Å². The zero-order valence-electron chi connectivity index (χ0n) is 15.8. The Bertz CT molecular complexity index is 718. The van der Waals surface area contributed by atoms with Crippen LogP contribution in [-0.2, 0) is 10.9 Å². The van der Waals surface area contributed by atoms with Crippen molar-refractivity contribution in [3.63, 3.8) is 0 Å². The molecule has 3 rings (SSSR count). The first-order chi connectivity index (χ1) is 12.5. The quantitative estimate of drug-likeness (QED) is 0.706. The van der Waals surface area contributed by atoms with Crippen molar-refractivity contribution >= 4 is 12.2 Å². The van der Waals surface area contributed by atoms with E-state index in [-0.39, 0.29) is 11.5 Å². The Morgan fingerprint density at radius 3 is 2.26 bits per heavy atom. The molecule has 1 aliphatic heterocycles. The number of hydrogen-bond donors (Lipinski definition) is 0. The zero-order chi connectivity index (χ0) is 19.9. The maximum absolute atomic E-state index is 12.5. The van der Waals surface area contributed by atoms with Crippen molar-refractivity contribution in [3.05, 3.63) is 29.4 Å². The fourth-order valence-corrected chi connectivity index (χ4v) is 3.55. The number of halogens is 3. The first-order valence-corrected chi connectivity index (χ1v) is 9.03. The molecule has 2 heterocycles. The second-order valence-electron chi connectivity index (χ2n) is 8.46. The van der Waals surface area contributed by atoms with Gasteiger partial charge < -0.3 is 9.64 Å². The van der Waals surface area contributed by atoms with Gasteiger partial charge in [-0.3, -0.25) is 4.98 Å². The number of aromatic nitrogens is 2. The van der Waals surface area contributed by atoms with Crippen LogP contribution >= 0.6 is 0 Å². The van der Waals surface area contributed by atoms with Crippen LogP contribution in [0.5, 0.6) is 0 Å². The van der Waals surface area contributed by atoms with Crippen molar-refractivity contribution in [1.29, 1.82) is 0 Å². The molecule has 5 nitrogen and oxygen atoms in total. The number of carbonyl (C=O) groups excluding carboxylic acids is 1. The van der Waals surface area contributed by atoms with Crippen LogP contribution in [0.2, 0.25) is 0 Å². The fraction of sp³-hybridized carbons (Fsp3) is 0.632. The summed E-state index contributed by atoms with van der Waals surface area (Å²) in [5, 5.41) is 0. The number of likely N-dealkylation sites (tertiary alicyclic amines) is 1. The normalized spacial score (nSPS) is 19.6. The molecule has 1 saturated heterocycles. The predicted octanol–water partition coefficient (Wildman–Crippen LogP) is 4.69. The highest BCUT2D eigenvalue weighted by Gasteiger charge is 2.47. The Morgan fingerprint density at radius 2 is 1.78 bits per heavy atom. The molecule has 0 unspecified atom stereocenters. The first kappa shape index (κ1) is 19.6. The van der Waals surface area contributed by atoms with Crippen LogP contribution in [0.15, 0.2) is 18.0 Å². The van der Waals surface area contributed by atoms with Crippen molar-refractivity contribution in [3.8, 4) is 0 Å². The summed E-state index contributed by atoms with van der Waals surface area (Å²) in [6.45, 7) is 6.96. The summed E-state index contributed by atoms with van der Waals surface area (Å²) in [5.41, 5.74) is 0.262. The van der Waals surface area contributed by atoms with Crippen molar-refractivity contribution in [1.82, 2.24) is 14.9 Å². The third kappa shape index (κ3) is 4.78. The van der Waals surface area contributed by atoms with Gasteiger partial charge in [-0.2, -0.15) is 13.2 Å². The standard InChI is InChI=1S/C19H24F3N3O2/c1-17(2,3)27-16(26)25-11-18(12-25)6-4-13(5-7-18)8-14-9-24-15(10-23-14)19(20,21)22/h8-10H,4-7,11-12H2,1-3H3. The lowest BCUT2D eigenvalue weighted by molar-refractivity contribution is -0.141. The molecular formula is C19H24F3N3O2. The Hall–Kier alpha value is -2.12. The molecule has 0 N–H and O–H groups in total. The topological polar surface area (TPSA) is 55.3 Å². The molecule has 0 bridgehead atoms. The molecule has 2 aliphatic rings. The highest BCUT2D eigenvalue weighted by atomic mass is 19.4. The molecule has 1 aromatic rings. The molecule has 0 atom stereocenters. The molecule has 0 radical (unpaired) electrons. The minimum atomic E-state index is -4.47. The van der Waals surface area contributed by atoms with E-state index < -0.39 is 17.5 Å². The lowest BCUT2D eigenvalue weighted by Gasteiger charge is -2.52. The van der Waals surface area contributed by atoms with Gasteiger partial charge in [0.25, 0.3) is 0 Å². The van der Waals surface area contributed by atoms with E-state index in [9.17, 15) is 18.0 Å². The van der Waals surface area contributed by atoms with Gasteiger partial charge in [-0.05, 0) is 52.5 Å². The Balaban J connectivity index is 1.53. The highest BCUT2D eigenvalue weighted by Crippen LogP contribution is 2.46. The number of carbonyl (C=O) groups is 1. The summed E-state index contributed by atoms with van der Waals surface area (Å²) in [5.74, 6) is 0. The number of hydrogen-bond acceptors (Lipinski definition) is 4. The maximum atomic E-state index is 12.5. The van der Waals surface area contributed by atoms with Gasteiger partial charge in [-0.15, -0.1) is 0 Å². The number of alkyl halides is 3. The second kappa shape index (κ2) is 6.80. The van der Waals surface area contributed by atoms with Crippen molar-refractivity contribution in [2.75, 3.05) is 13.1 Å². The summed E-state index contributed by atoms with van der Waals surface area (Å²) in [6.07, 6.45) is 2.61. The minimum Gasteiger partial charge on any atom is -0.444 e. The summed E-state index contributed by atoms with van der Waals surface area (Å²) in [4.78, 5) is 21.1. The van der Waals surface area contributed by atoms with E-state index >= 15 is 0 Å². The smallest absolute Gasteiger partial charge is 0.434 e. The van der Waals surface area contributed by atoms with Gasteiger partial charge in [0, 0.05) is 18.5 Å². The Kier molecular flexibility index (Phi) is 4.94. The van der Waals surface area contributed by atoms with Crippen LogP contribution in [0.25, 0.3) is 6.08 Å². The average molecular weight is 383 g/mol. The van der Waals surface area contributed by atoms with Crippen LogP contribution in [-0.4, -0.2) is 39.7 Å². The van der Waals surface area contributed by atoms with Crippen LogP contribution < -0.4 is 0 Å². The van der Waals surface area contributed by atoms with E-state index in [1.54, 1.807) is 4.90 Å². The molecule has 148 valence electrons. The largest absolute Gasteiger partial charge is 0.444 e. The highest BCUT2D eigenvalue weighted by molar-refractivity contribution is 5.69. The maximum Gasteiger partial charge on any atom is 0.434 e. The van der Waals surface area contributed by atoms with Crippen LogP contribution in [0.3, 0.4) is 0 Å². The molecule has 27 heavy (non-hydrogen) atoms. The van der Waals surface area contributed by atoms with Crippen LogP contribution in [0, 0.1) is 5.41 Å². The van der Waals surface area contributed by atoms with Gasteiger partial charge in [0.2, 0.25) is 0 Å². The summed E-state index contributed by atoms with van der Waals surface area (Å²) in [7, 11) is 0. The van der Waals surface area contributed by atoms with Gasteiger partial charge in [0.15, 0.2) is 5.69 Å². The Morgan fingerprint density at radius 1 is 1.15 bits per heavy atom. The van der Waals surface area contributed by atoms with Crippen molar-refractivity contribution < 1.29 is 22.7 Å². The third-order valence-electron chi connectivity index (χ3n) is 4.97. The van der Waals surface area contributed by atoms with E-state index in [4.69, 9.17) is 4.74 Å². The number of amides is 1. The molecule has 2 fully saturated rings. The van der Waals surface area contributed by atoms with Crippen LogP contribution in [0.4, 0.5) is 18.0 Å². The SMILES string of the molecule is CC(C)(C)OC(=O)N1CC2(CCC(=Cc3cnc(C(F)(F)F)cn3)CC2)C1. The molecule has 8 heteroatoms. The van der Waals surface area contributed by atoms with Gasteiger partial charge >= 0.3 is 12.3 Å². The fourth-order valence-electron chi connectivity index (χ4n) is 3.55. The zero-order valence-corrected chi connectivity index (χ0v) is 15.8. The number of rotatable bonds is 1. The molecule has 0 aromatic carbocycles. The third-order valence-corrected chi connectivity index (χ3v) is 4.97. The van der Waals surface area contributed by atoms with E-state index in [1.165, 1.54) is 0 Å². The monoisotopic (exact) mass is 383 g/mol. The van der Waals surface area contributed by atoms with Gasteiger partial charge in [0.05, 0.1) is 18.1 Å². The molecule has 1 spiro atoms. The van der Waals surface area contributed by atoms with Gasteiger partial charge in [-0.25, -0.2) is 9.78 Å². The van der Waals surface area contributed by atoms with Crippen molar-refractivity contribution in [2.45, 2.75) is 58.2 Å². The molecule has 1 aliphatic carbocycles. The second-order valence-corrected chi connectivity index (χ2v) is 8.46. The number of allylic oxidation sites excluding steroid dienone is 1. The average Bonchev–Trinajstić information content (AvgIpc) is 2.51. The van der Waals surface area contributed by atoms with E-state index in [0.29, 0.717) is 18.8 Å². The minimum absolute atomic E-state index is 0.139. The van der Waals surface area contributed by atoms with Gasteiger partial charge in [0.1, 0.15) is 5.60 Å². The molecule has 1 amide bonds. The van der Waals surface area contributed by atoms with Gasteiger partial charge in [-0.1, -0.05) is 5.57 Å². The summed E-state index contributed by atoms with van der Waals surface area (Å²) in [6, 6.07) is 0. The Labute approximate surface area is 156 Å². The lowest BCUT2D eigenvalue weighted by atomic mass is 9.67. The predicted molar refractivity (Wildman–Crippen MR) is 93.7 cm³/mol. The molecule has 1 saturated carbocycles. The van der Waals surface area contributed by atoms with E-state index in [0.717, 1.165) is 43.7 Å². The van der Waals surface area contributed by atoms with E-state index in [2.05, 4.69) is 9.97 Å². The summed E-state index contributed by atoms with van der Waals surface area (Å²) >= 11 is 0. The lowest BCUT2D eigenvalue weighted by Crippen LogP contribution is -2.59. The number of ether oxygens (including phenoxy) is 1. The number of nitrogens with zero attached hydrogens (tertiary/aromatic N) is 3. The molecular weight excluding hydrogens is 359 g/mol.